The van der Waals surface area contributed by atoms with Gasteiger partial charge in [-0.05, 0) is 83.7 Å². The van der Waals surface area contributed by atoms with Crippen molar-refractivity contribution in [1.82, 2.24) is 25.1 Å². The van der Waals surface area contributed by atoms with E-state index in [-0.39, 0.29) is 6.10 Å². The van der Waals surface area contributed by atoms with Crippen molar-refractivity contribution in [2.45, 2.75) is 64.0 Å². The molecule has 0 radical (unpaired) electrons. The first kappa shape index (κ1) is 25.8. The molecule has 0 spiro atoms. The average Bonchev–Trinajstić information content (AvgIpc) is 3.66. The van der Waals surface area contributed by atoms with E-state index in [4.69, 9.17) is 26.3 Å². The van der Waals surface area contributed by atoms with Gasteiger partial charge in [0.05, 0.1) is 22.8 Å². The molecule has 2 aliphatic heterocycles. The van der Waals surface area contributed by atoms with Crippen molar-refractivity contribution in [3.05, 3.63) is 35.0 Å². The van der Waals surface area contributed by atoms with E-state index in [9.17, 15) is 0 Å². The number of aromatic amines is 1. The van der Waals surface area contributed by atoms with Gasteiger partial charge in [-0.3, -0.25) is 5.10 Å². The molecule has 3 aliphatic rings. The second-order valence-corrected chi connectivity index (χ2v) is 12.3. The summed E-state index contributed by atoms with van der Waals surface area (Å²) in [5.41, 5.74) is 4.94. The summed E-state index contributed by atoms with van der Waals surface area (Å²) in [6.45, 7) is 6.02. The number of nitrogens with one attached hydrogen (secondary N) is 1. The molecule has 0 unspecified atom stereocenters. The van der Waals surface area contributed by atoms with Crippen LogP contribution in [0.3, 0.4) is 0 Å². The van der Waals surface area contributed by atoms with Crippen LogP contribution in [0.15, 0.2) is 24.4 Å². The van der Waals surface area contributed by atoms with Crippen LogP contribution in [0, 0.1) is 6.92 Å². The fourth-order valence-corrected chi connectivity index (χ4v) is 6.70. The van der Waals surface area contributed by atoms with E-state index in [1.165, 1.54) is 19.3 Å². The number of ether oxygens (including phenoxy) is 1. The van der Waals surface area contributed by atoms with Crippen LogP contribution in [-0.2, 0) is 0 Å². The molecule has 4 heterocycles. The van der Waals surface area contributed by atoms with Gasteiger partial charge in [0.15, 0.2) is 5.75 Å². The third-order valence-electron chi connectivity index (χ3n) is 8.89. The maximum atomic E-state index is 7.23. The molecule has 1 aliphatic carbocycles. The van der Waals surface area contributed by atoms with E-state index in [0.29, 0.717) is 11.1 Å². The lowest BCUT2D eigenvalue weighted by Crippen LogP contribution is -2.42. The van der Waals surface area contributed by atoms with Crippen LogP contribution in [-0.4, -0.2) is 77.5 Å². The molecule has 3 fully saturated rings. The summed E-state index contributed by atoms with van der Waals surface area (Å²) in [5.74, 6) is 2.58. The lowest BCUT2D eigenvalue weighted by Gasteiger charge is -2.36. The molecule has 2 aromatic carbocycles. The molecule has 0 amide bonds. The second kappa shape index (κ2) is 10.4. The average molecular weight is 560 g/mol. The smallest absolute Gasteiger partial charge is 0.228 e. The van der Waals surface area contributed by atoms with Crippen molar-refractivity contribution in [2.75, 3.05) is 50.1 Å². The Morgan fingerprint density at radius 3 is 2.42 bits per heavy atom. The van der Waals surface area contributed by atoms with Crippen molar-refractivity contribution in [3.63, 3.8) is 0 Å². The van der Waals surface area contributed by atoms with Crippen LogP contribution < -0.4 is 14.5 Å². The van der Waals surface area contributed by atoms with E-state index in [1.807, 2.05) is 6.20 Å². The number of halogens is 1. The van der Waals surface area contributed by atoms with E-state index < -0.39 is 0 Å². The molecule has 1 N–H and O–H groups in total. The van der Waals surface area contributed by atoms with Crippen molar-refractivity contribution >= 4 is 45.2 Å². The molecule has 7 rings (SSSR count). The molecule has 9 heteroatoms. The summed E-state index contributed by atoms with van der Waals surface area (Å²) in [7, 11) is 4.35. The van der Waals surface area contributed by atoms with E-state index >= 15 is 0 Å². The zero-order valence-corrected chi connectivity index (χ0v) is 24.5. The number of aromatic nitrogens is 4. The van der Waals surface area contributed by atoms with Crippen molar-refractivity contribution < 1.29 is 4.74 Å². The van der Waals surface area contributed by atoms with E-state index in [0.717, 1.165) is 108 Å². The predicted octanol–water partition coefficient (Wildman–Crippen LogP) is 6.20. The van der Waals surface area contributed by atoms with Crippen LogP contribution in [0.25, 0.3) is 32.9 Å². The molecule has 8 nitrogen and oxygen atoms in total. The number of nitrogens with zero attached hydrogens (tertiary/aromatic N) is 6. The number of H-pyrrole nitrogens is 1. The first-order valence-corrected chi connectivity index (χ1v) is 15.2. The SMILES string of the molecule is Cc1ccc2[nH]ncc2c1-c1c(Cl)cc2c(N3CCCCC3)nc(N3CCC(N(C)C)CC3)nc2c1OC1CC1. The number of fused-ring (bicyclic) bond motifs is 2. The highest BCUT2D eigenvalue weighted by molar-refractivity contribution is 6.35. The minimum Gasteiger partial charge on any atom is -0.487 e. The molecule has 0 atom stereocenters. The van der Waals surface area contributed by atoms with Gasteiger partial charge in [-0.1, -0.05) is 17.7 Å². The predicted molar refractivity (Wildman–Crippen MR) is 163 cm³/mol. The highest BCUT2D eigenvalue weighted by atomic mass is 35.5. The van der Waals surface area contributed by atoms with Crippen LogP contribution in [0.2, 0.25) is 5.02 Å². The molecule has 2 saturated heterocycles. The van der Waals surface area contributed by atoms with Gasteiger partial charge in [-0.2, -0.15) is 10.1 Å². The van der Waals surface area contributed by atoms with Gasteiger partial charge >= 0.3 is 0 Å². The molecule has 2 aromatic heterocycles. The molecular formula is C31H38ClN7O. The second-order valence-electron chi connectivity index (χ2n) is 11.9. The van der Waals surface area contributed by atoms with Crippen LogP contribution in [0.1, 0.15) is 50.5 Å². The minimum absolute atomic E-state index is 0.192. The summed E-state index contributed by atoms with van der Waals surface area (Å²) in [4.78, 5) is 17.7. The van der Waals surface area contributed by atoms with Gasteiger partial charge < -0.3 is 19.4 Å². The maximum Gasteiger partial charge on any atom is 0.228 e. The summed E-state index contributed by atoms with van der Waals surface area (Å²) in [6, 6.07) is 6.87. The fraction of sp³-hybridized carbons (Fsp3) is 0.516. The molecule has 0 bridgehead atoms. The lowest BCUT2D eigenvalue weighted by molar-refractivity contribution is 0.249. The Kier molecular flexibility index (Phi) is 6.71. The van der Waals surface area contributed by atoms with E-state index in [1.54, 1.807) is 0 Å². The number of benzene rings is 2. The van der Waals surface area contributed by atoms with Crippen LogP contribution in [0.5, 0.6) is 5.75 Å². The molecular weight excluding hydrogens is 522 g/mol. The number of rotatable bonds is 6. The van der Waals surface area contributed by atoms with Crippen LogP contribution in [0.4, 0.5) is 11.8 Å². The fourth-order valence-electron chi connectivity index (χ4n) is 6.41. The number of hydrogen-bond donors (Lipinski definition) is 1. The Bertz CT molecular complexity index is 1550. The summed E-state index contributed by atoms with van der Waals surface area (Å²) >= 11 is 7.23. The van der Waals surface area contributed by atoms with Gasteiger partial charge in [0.2, 0.25) is 5.95 Å². The van der Waals surface area contributed by atoms with Crippen molar-refractivity contribution in [2.24, 2.45) is 0 Å². The molecule has 4 aromatic rings. The van der Waals surface area contributed by atoms with E-state index in [2.05, 4.69) is 64.1 Å². The Morgan fingerprint density at radius 1 is 0.925 bits per heavy atom. The molecule has 1 saturated carbocycles. The van der Waals surface area contributed by atoms with Gasteiger partial charge in [0.1, 0.15) is 11.3 Å². The van der Waals surface area contributed by atoms with Gasteiger partial charge in [-0.15, -0.1) is 0 Å². The third-order valence-corrected chi connectivity index (χ3v) is 9.19. The highest BCUT2D eigenvalue weighted by Gasteiger charge is 2.32. The summed E-state index contributed by atoms with van der Waals surface area (Å²) in [6.07, 6.45) is 10.0. The highest BCUT2D eigenvalue weighted by Crippen LogP contribution is 2.49. The molecule has 40 heavy (non-hydrogen) atoms. The van der Waals surface area contributed by atoms with Crippen molar-refractivity contribution in [3.8, 4) is 16.9 Å². The minimum atomic E-state index is 0.192. The monoisotopic (exact) mass is 559 g/mol. The first-order chi connectivity index (χ1) is 19.5. The Hall–Kier alpha value is -3.10. The largest absolute Gasteiger partial charge is 0.487 e. The Labute approximate surface area is 240 Å². The summed E-state index contributed by atoms with van der Waals surface area (Å²) < 4.78 is 6.77. The maximum absolute atomic E-state index is 7.23. The number of anilines is 2. The van der Waals surface area contributed by atoms with Gasteiger partial charge in [0, 0.05) is 54.1 Å². The number of aryl methyl sites for hydroxylation is 1. The van der Waals surface area contributed by atoms with Crippen molar-refractivity contribution in [1.29, 1.82) is 0 Å². The number of piperidine rings is 2. The zero-order chi connectivity index (χ0) is 27.4. The Morgan fingerprint density at radius 2 is 1.70 bits per heavy atom. The standard InChI is InChI=1S/C31H38ClN7O/c1-19-7-10-25-23(18-33-36-25)26(19)27-24(32)17-22-28(29(27)40-21-8-9-21)34-31(35-30(22)38-13-5-4-6-14-38)39-15-11-20(12-16-39)37(2)3/h7,10,17-18,20-21H,4-6,8-9,11-16H2,1-3H3,(H,33,36). The Balaban J connectivity index is 1.45. The number of hydrogen-bond acceptors (Lipinski definition) is 7. The first-order valence-electron chi connectivity index (χ1n) is 14.8. The lowest BCUT2D eigenvalue weighted by atomic mass is 9.94. The topological polar surface area (TPSA) is 73.4 Å². The zero-order valence-electron chi connectivity index (χ0n) is 23.7. The van der Waals surface area contributed by atoms with Crippen LogP contribution >= 0.6 is 11.6 Å². The third kappa shape index (κ3) is 4.65. The normalized spacial score (nSPS) is 18.8. The molecule has 210 valence electrons. The van der Waals surface area contributed by atoms with Gasteiger partial charge in [-0.25, -0.2) is 4.98 Å². The quantitative estimate of drug-likeness (QED) is 0.301. The van der Waals surface area contributed by atoms with Gasteiger partial charge in [0.25, 0.3) is 0 Å². The summed E-state index contributed by atoms with van der Waals surface area (Å²) in [5, 5.41) is 10.2.